The number of rotatable bonds is 5. The van der Waals surface area contributed by atoms with Crippen molar-refractivity contribution in [1.29, 1.82) is 0 Å². The Morgan fingerprint density at radius 1 is 1.20 bits per heavy atom. The number of amides is 1. The number of fused-ring (bicyclic) bond motifs is 1. The van der Waals surface area contributed by atoms with E-state index >= 15 is 0 Å². The third kappa shape index (κ3) is 3.38. The van der Waals surface area contributed by atoms with Gasteiger partial charge in [0, 0.05) is 6.04 Å². The van der Waals surface area contributed by atoms with E-state index in [1.165, 1.54) is 17.5 Å². The first-order chi connectivity index (χ1) is 9.70. The fourth-order valence-corrected chi connectivity index (χ4v) is 2.60. The Hall–Kier alpha value is -1.84. The maximum absolute atomic E-state index is 11.7. The predicted octanol–water partition coefficient (Wildman–Crippen LogP) is 1.54. The van der Waals surface area contributed by atoms with E-state index in [9.17, 15) is 9.59 Å². The van der Waals surface area contributed by atoms with Crippen LogP contribution in [0.1, 0.15) is 36.0 Å². The molecule has 2 aliphatic carbocycles. The zero-order chi connectivity index (χ0) is 13.9. The first-order valence-electron chi connectivity index (χ1n) is 7.26. The molecule has 1 N–H and O–H groups in total. The molecular formula is C16H19NO3. The summed E-state index contributed by atoms with van der Waals surface area (Å²) in [5.41, 5.74) is 3.71. The van der Waals surface area contributed by atoms with Crippen molar-refractivity contribution >= 4 is 11.9 Å². The molecule has 1 amide bonds. The molecule has 2 aliphatic rings. The summed E-state index contributed by atoms with van der Waals surface area (Å²) in [5, 5.41) is 2.79. The average Bonchev–Trinajstić information content (AvgIpc) is 3.11. The maximum Gasteiger partial charge on any atom is 0.310 e. The summed E-state index contributed by atoms with van der Waals surface area (Å²) < 4.78 is 5.00. The largest absolute Gasteiger partial charge is 0.455 e. The van der Waals surface area contributed by atoms with Crippen molar-refractivity contribution < 1.29 is 14.3 Å². The van der Waals surface area contributed by atoms with Crippen LogP contribution < -0.4 is 5.32 Å². The number of nitrogens with one attached hydrogen (secondary N) is 1. The number of carbonyl (C=O) groups excluding carboxylic acids is 2. The third-order valence-electron chi connectivity index (χ3n) is 3.82. The topological polar surface area (TPSA) is 55.4 Å². The first kappa shape index (κ1) is 13.2. The molecule has 1 aromatic carbocycles. The van der Waals surface area contributed by atoms with Crippen molar-refractivity contribution in [3.63, 3.8) is 0 Å². The van der Waals surface area contributed by atoms with Crippen LogP contribution >= 0.6 is 0 Å². The summed E-state index contributed by atoms with van der Waals surface area (Å²) in [6, 6.07) is 6.48. The van der Waals surface area contributed by atoms with E-state index in [-0.39, 0.29) is 24.9 Å². The van der Waals surface area contributed by atoms with Gasteiger partial charge in [0.15, 0.2) is 6.61 Å². The van der Waals surface area contributed by atoms with Crippen LogP contribution in [0.5, 0.6) is 0 Å². The normalized spacial score (nSPS) is 16.6. The number of benzene rings is 1. The van der Waals surface area contributed by atoms with Gasteiger partial charge in [-0.05, 0) is 48.8 Å². The fraction of sp³-hybridized carbons (Fsp3) is 0.500. The highest BCUT2D eigenvalue weighted by Crippen LogP contribution is 2.23. The Bertz CT molecular complexity index is 535. The van der Waals surface area contributed by atoms with Crippen LogP contribution in [0.15, 0.2) is 18.2 Å². The average molecular weight is 273 g/mol. The zero-order valence-electron chi connectivity index (χ0n) is 11.5. The third-order valence-corrected chi connectivity index (χ3v) is 3.82. The van der Waals surface area contributed by atoms with Crippen molar-refractivity contribution in [1.82, 2.24) is 5.32 Å². The number of carbonyl (C=O) groups is 2. The van der Waals surface area contributed by atoms with Gasteiger partial charge < -0.3 is 10.1 Å². The lowest BCUT2D eigenvalue weighted by Gasteiger charge is -2.07. The van der Waals surface area contributed by atoms with Crippen molar-refractivity contribution in [2.45, 2.75) is 44.6 Å². The second-order valence-corrected chi connectivity index (χ2v) is 5.64. The summed E-state index contributed by atoms with van der Waals surface area (Å²) in [6.07, 6.45) is 5.75. The molecule has 0 bridgehead atoms. The van der Waals surface area contributed by atoms with Gasteiger partial charge in [-0.15, -0.1) is 0 Å². The van der Waals surface area contributed by atoms with Crippen LogP contribution in [0.2, 0.25) is 0 Å². The SMILES string of the molecule is O=C(COC(=O)Cc1ccc2c(c1)CCC2)NC1CC1. The van der Waals surface area contributed by atoms with Crippen LogP contribution in [0.3, 0.4) is 0 Å². The first-order valence-corrected chi connectivity index (χ1v) is 7.26. The van der Waals surface area contributed by atoms with Crippen LogP contribution in [-0.4, -0.2) is 24.5 Å². The zero-order valence-corrected chi connectivity index (χ0v) is 11.5. The van der Waals surface area contributed by atoms with Crippen LogP contribution in [0.4, 0.5) is 0 Å². The van der Waals surface area contributed by atoms with Gasteiger partial charge >= 0.3 is 5.97 Å². The molecule has 4 heteroatoms. The summed E-state index contributed by atoms with van der Waals surface area (Å²) in [5.74, 6) is -0.538. The molecule has 20 heavy (non-hydrogen) atoms. The second-order valence-electron chi connectivity index (χ2n) is 5.64. The molecule has 0 aliphatic heterocycles. The number of aryl methyl sites for hydroxylation is 2. The molecule has 106 valence electrons. The molecule has 0 unspecified atom stereocenters. The highest BCUT2D eigenvalue weighted by Gasteiger charge is 2.23. The second kappa shape index (κ2) is 5.65. The Labute approximate surface area is 118 Å². The molecule has 3 rings (SSSR count). The van der Waals surface area contributed by atoms with Crippen LogP contribution in [0.25, 0.3) is 0 Å². The Morgan fingerprint density at radius 2 is 2.00 bits per heavy atom. The van der Waals surface area contributed by atoms with E-state index in [0.717, 1.165) is 31.2 Å². The minimum Gasteiger partial charge on any atom is -0.455 e. The Kier molecular flexibility index (Phi) is 3.72. The van der Waals surface area contributed by atoms with Gasteiger partial charge in [-0.3, -0.25) is 9.59 Å². The molecule has 0 radical (unpaired) electrons. The smallest absolute Gasteiger partial charge is 0.310 e. The quantitative estimate of drug-likeness (QED) is 0.828. The van der Waals surface area contributed by atoms with Crippen LogP contribution in [-0.2, 0) is 33.6 Å². The lowest BCUT2D eigenvalue weighted by Crippen LogP contribution is -2.30. The molecule has 0 saturated heterocycles. The summed E-state index contributed by atoms with van der Waals surface area (Å²) in [7, 11) is 0. The van der Waals surface area contributed by atoms with E-state index in [0.29, 0.717) is 6.04 Å². The molecular weight excluding hydrogens is 254 g/mol. The molecule has 0 spiro atoms. The van der Waals surface area contributed by atoms with E-state index in [4.69, 9.17) is 4.74 Å². The molecule has 4 nitrogen and oxygen atoms in total. The highest BCUT2D eigenvalue weighted by atomic mass is 16.5. The summed E-state index contributed by atoms with van der Waals surface area (Å²) in [4.78, 5) is 23.1. The molecule has 0 atom stereocenters. The van der Waals surface area contributed by atoms with Crippen molar-refractivity contribution in [2.75, 3.05) is 6.61 Å². The minimum atomic E-state index is -0.339. The number of esters is 1. The maximum atomic E-state index is 11.7. The predicted molar refractivity (Wildman–Crippen MR) is 74.3 cm³/mol. The van der Waals surface area contributed by atoms with Gasteiger partial charge in [-0.1, -0.05) is 18.2 Å². The highest BCUT2D eigenvalue weighted by molar-refractivity contribution is 5.81. The monoisotopic (exact) mass is 273 g/mol. The van der Waals surface area contributed by atoms with Gasteiger partial charge in [0.05, 0.1) is 6.42 Å². The van der Waals surface area contributed by atoms with E-state index in [1.54, 1.807) is 0 Å². The molecule has 1 aromatic rings. The van der Waals surface area contributed by atoms with Crippen molar-refractivity contribution in [3.8, 4) is 0 Å². The summed E-state index contributed by atoms with van der Waals surface area (Å²) in [6.45, 7) is -0.166. The Morgan fingerprint density at radius 3 is 2.80 bits per heavy atom. The van der Waals surface area contributed by atoms with Gasteiger partial charge in [0.2, 0.25) is 0 Å². The van der Waals surface area contributed by atoms with Gasteiger partial charge in [0.1, 0.15) is 0 Å². The lowest BCUT2D eigenvalue weighted by atomic mass is 10.0. The number of hydrogen-bond acceptors (Lipinski definition) is 3. The van der Waals surface area contributed by atoms with Gasteiger partial charge in [-0.25, -0.2) is 0 Å². The lowest BCUT2D eigenvalue weighted by molar-refractivity contribution is -0.147. The van der Waals surface area contributed by atoms with E-state index < -0.39 is 0 Å². The van der Waals surface area contributed by atoms with Gasteiger partial charge in [0.25, 0.3) is 5.91 Å². The van der Waals surface area contributed by atoms with Crippen LogP contribution in [0, 0.1) is 0 Å². The van der Waals surface area contributed by atoms with Gasteiger partial charge in [-0.2, -0.15) is 0 Å². The Balaban J connectivity index is 1.47. The molecule has 1 fully saturated rings. The van der Waals surface area contributed by atoms with E-state index in [2.05, 4.69) is 17.4 Å². The molecule has 0 aromatic heterocycles. The van der Waals surface area contributed by atoms with E-state index in [1.807, 2.05) is 6.07 Å². The minimum absolute atomic E-state index is 0.166. The molecule has 1 saturated carbocycles. The number of hydrogen-bond donors (Lipinski definition) is 1. The molecule has 0 heterocycles. The fourth-order valence-electron chi connectivity index (χ4n) is 2.60. The standard InChI is InChI=1S/C16H19NO3/c18-15(17-14-6-7-14)10-20-16(19)9-11-4-5-12-2-1-3-13(12)8-11/h4-5,8,14H,1-3,6-7,9-10H2,(H,17,18). The van der Waals surface area contributed by atoms with Crippen molar-refractivity contribution in [2.24, 2.45) is 0 Å². The van der Waals surface area contributed by atoms with Crippen molar-refractivity contribution in [3.05, 3.63) is 34.9 Å². The summed E-state index contributed by atoms with van der Waals surface area (Å²) >= 11 is 0. The number of ether oxygens (including phenoxy) is 1.